The second-order valence-electron chi connectivity index (χ2n) is 6.43. The van der Waals surface area contributed by atoms with Crippen LogP contribution in [-0.4, -0.2) is 28.0 Å². The normalized spacial score (nSPS) is 14.7. The Kier molecular flexibility index (Phi) is 5.41. The molecule has 0 bridgehead atoms. The van der Waals surface area contributed by atoms with Crippen LogP contribution in [0.2, 0.25) is 0 Å². The van der Waals surface area contributed by atoms with Crippen LogP contribution in [0.15, 0.2) is 48.1 Å². The number of hydrogen-bond donors (Lipinski definition) is 0. The molecule has 3 rings (SSSR count). The first kappa shape index (κ1) is 17.8. The zero-order valence-electron chi connectivity index (χ0n) is 15.1. The van der Waals surface area contributed by atoms with E-state index in [1.165, 1.54) is 5.57 Å². The molecule has 2 aromatic heterocycles. The molecule has 3 heterocycles. The first-order valence-corrected chi connectivity index (χ1v) is 8.70. The molecule has 0 unspecified atom stereocenters. The Bertz CT molecular complexity index is 864. The predicted octanol–water partition coefficient (Wildman–Crippen LogP) is 4.24. The molecule has 0 N–H and O–H groups in total. The topological polar surface area (TPSA) is 72.2 Å². The van der Waals surface area contributed by atoms with Crippen molar-refractivity contribution in [3.8, 4) is 0 Å². The van der Waals surface area contributed by atoms with Crippen molar-refractivity contribution in [2.24, 2.45) is 0 Å². The van der Waals surface area contributed by atoms with Crippen molar-refractivity contribution in [3.63, 3.8) is 0 Å². The molecule has 26 heavy (non-hydrogen) atoms. The van der Waals surface area contributed by atoms with Gasteiger partial charge >= 0.3 is 5.69 Å². The number of nitro groups is 1. The fourth-order valence-electron chi connectivity index (χ4n) is 3.02. The van der Waals surface area contributed by atoms with Crippen molar-refractivity contribution >= 4 is 17.6 Å². The molecule has 0 aromatic carbocycles. The predicted molar refractivity (Wildman–Crippen MR) is 103 cm³/mol. The molecule has 0 aliphatic carbocycles. The lowest BCUT2D eigenvalue weighted by Gasteiger charge is -2.29. The van der Waals surface area contributed by atoms with Crippen molar-refractivity contribution in [1.29, 1.82) is 0 Å². The van der Waals surface area contributed by atoms with E-state index in [1.54, 1.807) is 12.1 Å². The summed E-state index contributed by atoms with van der Waals surface area (Å²) >= 11 is 0. The van der Waals surface area contributed by atoms with Gasteiger partial charge in [-0.05, 0) is 51.0 Å². The van der Waals surface area contributed by atoms with E-state index in [4.69, 9.17) is 0 Å². The van der Waals surface area contributed by atoms with Crippen LogP contribution in [0.25, 0.3) is 6.08 Å². The molecule has 0 radical (unpaired) electrons. The molecule has 0 amide bonds. The van der Waals surface area contributed by atoms with Gasteiger partial charge in [-0.3, -0.25) is 15.1 Å². The fourth-order valence-corrected chi connectivity index (χ4v) is 3.02. The van der Waals surface area contributed by atoms with E-state index < -0.39 is 0 Å². The van der Waals surface area contributed by atoms with E-state index in [0.717, 1.165) is 43.0 Å². The van der Waals surface area contributed by atoms with Crippen LogP contribution < -0.4 is 4.90 Å². The maximum Gasteiger partial charge on any atom is 0.311 e. The monoisotopic (exact) mass is 350 g/mol. The molecule has 1 aliphatic rings. The molecule has 134 valence electrons. The van der Waals surface area contributed by atoms with Gasteiger partial charge in [0.25, 0.3) is 0 Å². The molecule has 6 heteroatoms. The Morgan fingerprint density at radius 3 is 2.50 bits per heavy atom. The molecule has 0 saturated carbocycles. The minimum atomic E-state index is -0.356. The number of piperidine rings is 1. The molecular weight excluding hydrogens is 328 g/mol. The number of allylic oxidation sites excluding steroid dienone is 2. The van der Waals surface area contributed by atoms with Gasteiger partial charge in [-0.25, -0.2) is 4.98 Å². The Morgan fingerprint density at radius 1 is 1.08 bits per heavy atom. The van der Waals surface area contributed by atoms with Gasteiger partial charge in [0.1, 0.15) is 0 Å². The summed E-state index contributed by atoms with van der Waals surface area (Å²) in [5.74, 6) is 0.480. The third-order valence-electron chi connectivity index (χ3n) is 4.40. The molecule has 0 atom stereocenters. The highest BCUT2D eigenvalue weighted by Gasteiger charge is 2.23. The van der Waals surface area contributed by atoms with Crippen LogP contribution in [0.1, 0.15) is 29.9 Å². The fraction of sp³-hybridized carbons (Fsp3) is 0.300. The average Bonchev–Trinajstić information content (AvgIpc) is 2.62. The number of pyridine rings is 2. The maximum absolute atomic E-state index is 11.3. The van der Waals surface area contributed by atoms with Crippen LogP contribution in [0.3, 0.4) is 0 Å². The second-order valence-corrected chi connectivity index (χ2v) is 6.43. The van der Waals surface area contributed by atoms with Gasteiger partial charge in [0.15, 0.2) is 0 Å². The van der Waals surface area contributed by atoms with E-state index >= 15 is 0 Å². The zero-order valence-corrected chi connectivity index (χ0v) is 15.1. The van der Waals surface area contributed by atoms with Gasteiger partial charge in [-0.1, -0.05) is 23.8 Å². The van der Waals surface area contributed by atoms with E-state index in [1.807, 2.05) is 49.1 Å². The van der Waals surface area contributed by atoms with E-state index in [0.29, 0.717) is 5.82 Å². The molecule has 1 aliphatic heterocycles. The largest absolute Gasteiger partial charge is 0.350 e. The molecule has 1 fully saturated rings. The summed E-state index contributed by atoms with van der Waals surface area (Å²) in [7, 11) is 0. The number of anilines is 1. The molecule has 2 aromatic rings. The van der Waals surface area contributed by atoms with E-state index in [-0.39, 0.29) is 10.6 Å². The third-order valence-corrected chi connectivity index (χ3v) is 4.40. The number of aromatic nitrogens is 2. The summed E-state index contributed by atoms with van der Waals surface area (Å²) in [6.45, 7) is 5.30. The number of nitrogens with zero attached hydrogens (tertiary/aromatic N) is 4. The third kappa shape index (κ3) is 4.33. The minimum Gasteiger partial charge on any atom is -0.350 e. The van der Waals surface area contributed by atoms with Crippen LogP contribution >= 0.6 is 0 Å². The summed E-state index contributed by atoms with van der Waals surface area (Å²) < 4.78 is 0. The van der Waals surface area contributed by atoms with Crippen LogP contribution in [0.5, 0.6) is 0 Å². The average molecular weight is 350 g/mol. The van der Waals surface area contributed by atoms with E-state index in [9.17, 15) is 10.1 Å². The van der Waals surface area contributed by atoms with Crippen LogP contribution in [0.4, 0.5) is 11.5 Å². The molecule has 6 nitrogen and oxygen atoms in total. The number of aryl methyl sites for hydroxylation is 2. The lowest BCUT2D eigenvalue weighted by atomic mass is 10.0. The van der Waals surface area contributed by atoms with Gasteiger partial charge in [0.2, 0.25) is 5.82 Å². The molecule has 0 spiro atoms. The quantitative estimate of drug-likeness (QED) is 0.609. The Hall–Kier alpha value is -3.02. The van der Waals surface area contributed by atoms with Gasteiger partial charge in [0.05, 0.1) is 10.6 Å². The first-order valence-electron chi connectivity index (χ1n) is 8.70. The summed E-state index contributed by atoms with van der Waals surface area (Å²) in [6, 6.07) is 9.17. The Morgan fingerprint density at radius 2 is 1.81 bits per heavy atom. The van der Waals surface area contributed by atoms with Crippen molar-refractivity contribution in [1.82, 2.24) is 9.97 Å². The van der Waals surface area contributed by atoms with Gasteiger partial charge in [-0.2, -0.15) is 0 Å². The smallest absolute Gasteiger partial charge is 0.311 e. The van der Waals surface area contributed by atoms with Crippen molar-refractivity contribution < 1.29 is 4.92 Å². The molecular formula is C20H22N4O2. The maximum atomic E-state index is 11.3. The second kappa shape index (κ2) is 7.91. The van der Waals surface area contributed by atoms with Gasteiger partial charge in [-0.15, -0.1) is 0 Å². The number of rotatable bonds is 4. The van der Waals surface area contributed by atoms with Crippen molar-refractivity contribution in [2.75, 3.05) is 18.0 Å². The summed E-state index contributed by atoms with van der Waals surface area (Å²) in [4.78, 5) is 21.7. The summed E-state index contributed by atoms with van der Waals surface area (Å²) in [6.07, 6.45) is 7.90. The van der Waals surface area contributed by atoms with Crippen LogP contribution in [0, 0.1) is 24.0 Å². The lowest BCUT2D eigenvalue weighted by molar-refractivity contribution is -0.384. The lowest BCUT2D eigenvalue weighted by Crippen LogP contribution is -2.32. The van der Waals surface area contributed by atoms with E-state index in [2.05, 4.69) is 16.0 Å². The standard InChI is InChI=1S/C20H22N4O2/c1-15-5-3-7-18(21-15)8-4-6-17-11-13-23(14-12-17)20-19(24(25)26)10-9-16(2)22-20/h3-10H,11-14H2,1-2H3. The summed E-state index contributed by atoms with van der Waals surface area (Å²) in [5, 5.41) is 11.3. The first-order chi connectivity index (χ1) is 12.5. The SMILES string of the molecule is Cc1cccc(C=CC=C2CCN(c3nc(C)ccc3[N+](=O)[O-])CC2)n1. The van der Waals surface area contributed by atoms with Gasteiger partial charge in [0, 0.05) is 30.5 Å². The molecule has 1 saturated heterocycles. The highest BCUT2D eigenvalue weighted by molar-refractivity contribution is 5.58. The van der Waals surface area contributed by atoms with Crippen molar-refractivity contribution in [3.05, 3.63) is 75.3 Å². The number of hydrogen-bond acceptors (Lipinski definition) is 5. The highest BCUT2D eigenvalue weighted by Crippen LogP contribution is 2.29. The summed E-state index contributed by atoms with van der Waals surface area (Å²) in [5.41, 5.74) is 4.15. The Balaban J connectivity index is 1.66. The van der Waals surface area contributed by atoms with Crippen molar-refractivity contribution in [2.45, 2.75) is 26.7 Å². The van der Waals surface area contributed by atoms with Gasteiger partial charge < -0.3 is 4.90 Å². The highest BCUT2D eigenvalue weighted by atomic mass is 16.6. The van der Waals surface area contributed by atoms with Crippen LogP contribution in [-0.2, 0) is 0 Å². The Labute approximate surface area is 153 Å². The zero-order chi connectivity index (χ0) is 18.5. The minimum absolute atomic E-state index is 0.0773.